The first-order valence-corrected chi connectivity index (χ1v) is 14.0. The molecule has 0 radical (unpaired) electrons. The summed E-state index contributed by atoms with van der Waals surface area (Å²) in [7, 11) is 1.56. The van der Waals surface area contributed by atoms with Gasteiger partial charge in [0.1, 0.15) is 5.82 Å². The first-order valence-electron chi connectivity index (χ1n) is 13.6. The second-order valence-corrected chi connectivity index (χ2v) is 11.7. The molecule has 4 aromatic carbocycles. The van der Waals surface area contributed by atoms with E-state index in [2.05, 4.69) is 43.2 Å². The number of ether oxygens (including phenoxy) is 1. The largest absolute Gasteiger partial charge is 0.478 e. The number of amides is 1. The fourth-order valence-corrected chi connectivity index (χ4v) is 5.13. The SMILES string of the molecule is COC[C@@H](NC(=O)c1ccc(-c2cc(Cl)ccc2-c2nc3cc(C(C)(C)C)ccc3[nH]2)c(C(=O)O)c1)c1ccccc1. The van der Waals surface area contributed by atoms with Gasteiger partial charge in [-0.05, 0) is 70.1 Å². The highest BCUT2D eigenvalue weighted by atomic mass is 35.5. The molecule has 0 fully saturated rings. The topological polar surface area (TPSA) is 104 Å². The van der Waals surface area contributed by atoms with Crippen LogP contribution < -0.4 is 5.32 Å². The number of hydrogen-bond acceptors (Lipinski definition) is 4. The fraction of sp³-hybridized carbons (Fsp3) is 0.206. The minimum Gasteiger partial charge on any atom is -0.478 e. The molecule has 1 amide bonds. The summed E-state index contributed by atoms with van der Waals surface area (Å²) in [6.07, 6.45) is 0. The van der Waals surface area contributed by atoms with Gasteiger partial charge >= 0.3 is 5.97 Å². The van der Waals surface area contributed by atoms with Crippen molar-refractivity contribution in [3.05, 3.63) is 112 Å². The Labute approximate surface area is 249 Å². The van der Waals surface area contributed by atoms with E-state index in [0.717, 1.165) is 22.2 Å². The van der Waals surface area contributed by atoms with Gasteiger partial charge in [0.2, 0.25) is 0 Å². The van der Waals surface area contributed by atoms with Gasteiger partial charge in [0, 0.05) is 23.3 Å². The van der Waals surface area contributed by atoms with Crippen molar-refractivity contribution < 1.29 is 19.4 Å². The van der Waals surface area contributed by atoms with Crippen LogP contribution in [-0.4, -0.2) is 40.7 Å². The molecule has 0 spiro atoms. The van der Waals surface area contributed by atoms with Crippen LogP contribution in [0.4, 0.5) is 0 Å². The molecule has 214 valence electrons. The first kappa shape index (κ1) is 29.0. The average Bonchev–Trinajstić information content (AvgIpc) is 3.40. The molecule has 5 aromatic rings. The van der Waals surface area contributed by atoms with Crippen molar-refractivity contribution in [1.82, 2.24) is 15.3 Å². The molecule has 0 aliphatic heterocycles. The van der Waals surface area contributed by atoms with E-state index in [0.29, 0.717) is 27.5 Å². The molecule has 0 unspecified atom stereocenters. The average molecular weight is 582 g/mol. The lowest BCUT2D eigenvalue weighted by atomic mass is 9.87. The number of carbonyl (C=O) groups excluding carboxylic acids is 1. The van der Waals surface area contributed by atoms with Crippen LogP contribution in [0.1, 0.15) is 58.7 Å². The first-order chi connectivity index (χ1) is 20.0. The third-order valence-electron chi connectivity index (χ3n) is 7.23. The van der Waals surface area contributed by atoms with Crippen molar-refractivity contribution in [1.29, 1.82) is 0 Å². The van der Waals surface area contributed by atoms with E-state index >= 15 is 0 Å². The van der Waals surface area contributed by atoms with Crippen molar-refractivity contribution >= 4 is 34.5 Å². The Morgan fingerprint density at radius 1 is 0.952 bits per heavy atom. The molecule has 5 rings (SSSR count). The number of imidazole rings is 1. The predicted octanol–water partition coefficient (Wildman–Crippen LogP) is 7.66. The number of fused-ring (bicyclic) bond motifs is 1. The minimum atomic E-state index is -1.17. The number of rotatable bonds is 8. The maximum atomic E-state index is 13.3. The monoisotopic (exact) mass is 581 g/mol. The van der Waals surface area contributed by atoms with Crippen LogP contribution in [0, 0.1) is 0 Å². The zero-order chi connectivity index (χ0) is 30.0. The van der Waals surface area contributed by atoms with Gasteiger partial charge in [0.25, 0.3) is 5.91 Å². The smallest absolute Gasteiger partial charge is 0.336 e. The van der Waals surface area contributed by atoms with Gasteiger partial charge < -0.3 is 20.1 Å². The van der Waals surface area contributed by atoms with Crippen molar-refractivity contribution in [2.24, 2.45) is 0 Å². The molecule has 1 aromatic heterocycles. The zero-order valence-electron chi connectivity index (χ0n) is 23.9. The molecule has 42 heavy (non-hydrogen) atoms. The molecule has 8 heteroatoms. The minimum absolute atomic E-state index is 0.0275. The molecule has 0 saturated carbocycles. The summed E-state index contributed by atoms with van der Waals surface area (Å²) in [5.41, 5.74) is 5.58. The number of carboxylic acid groups (broad SMARTS) is 1. The number of nitrogens with zero attached hydrogens (tertiary/aromatic N) is 1. The van der Waals surface area contributed by atoms with Gasteiger partial charge in [0.05, 0.1) is 29.2 Å². The molecule has 0 aliphatic rings. The Morgan fingerprint density at radius 2 is 1.69 bits per heavy atom. The van der Waals surface area contributed by atoms with Crippen LogP contribution in [-0.2, 0) is 10.2 Å². The van der Waals surface area contributed by atoms with Gasteiger partial charge in [-0.15, -0.1) is 0 Å². The Balaban J connectivity index is 1.54. The number of hydrogen-bond donors (Lipinski definition) is 3. The Morgan fingerprint density at radius 3 is 2.38 bits per heavy atom. The third-order valence-corrected chi connectivity index (χ3v) is 7.46. The number of aromatic nitrogens is 2. The van der Waals surface area contributed by atoms with Gasteiger partial charge in [-0.25, -0.2) is 9.78 Å². The van der Waals surface area contributed by atoms with Crippen molar-refractivity contribution in [2.75, 3.05) is 13.7 Å². The third kappa shape index (κ3) is 6.08. The van der Waals surface area contributed by atoms with Crippen LogP contribution in [0.3, 0.4) is 0 Å². The lowest BCUT2D eigenvalue weighted by molar-refractivity contribution is 0.0697. The summed E-state index contributed by atoms with van der Waals surface area (Å²) < 4.78 is 5.32. The normalized spacial score (nSPS) is 12.3. The molecule has 0 bridgehead atoms. The molecular weight excluding hydrogens is 550 g/mol. The standard InChI is InChI=1S/C34H32ClN3O4/c1-34(2,3)22-11-15-28-29(17-22)37-31(36-28)25-14-12-23(35)18-26(25)24-13-10-21(16-27(24)33(40)41)32(39)38-30(19-42-4)20-8-6-5-7-9-20/h5-18,30H,19H2,1-4H3,(H,36,37)(H,38,39)(H,40,41)/t30-/m1/s1. The summed E-state index contributed by atoms with van der Waals surface area (Å²) in [4.78, 5) is 34.0. The van der Waals surface area contributed by atoms with Gasteiger partial charge in [-0.1, -0.05) is 74.8 Å². The lowest BCUT2D eigenvalue weighted by Gasteiger charge is -2.19. The number of benzene rings is 4. The number of aromatic carboxylic acids is 1. The summed E-state index contributed by atoms with van der Waals surface area (Å²) in [6.45, 7) is 6.71. The quantitative estimate of drug-likeness (QED) is 0.174. The number of H-pyrrole nitrogens is 1. The molecule has 1 atom stereocenters. The second kappa shape index (κ2) is 11.8. The number of carboxylic acids is 1. The molecule has 3 N–H and O–H groups in total. The number of halogens is 1. The van der Waals surface area contributed by atoms with Crippen molar-refractivity contribution in [3.8, 4) is 22.5 Å². The predicted molar refractivity (Wildman–Crippen MR) is 166 cm³/mol. The highest BCUT2D eigenvalue weighted by Gasteiger charge is 2.22. The van der Waals surface area contributed by atoms with E-state index in [1.165, 1.54) is 6.07 Å². The number of aromatic amines is 1. The van der Waals surface area contributed by atoms with Crippen LogP contribution in [0.25, 0.3) is 33.5 Å². The van der Waals surface area contributed by atoms with Crippen molar-refractivity contribution in [3.63, 3.8) is 0 Å². The van der Waals surface area contributed by atoms with Gasteiger partial charge in [0.15, 0.2) is 0 Å². The van der Waals surface area contributed by atoms with Crippen LogP contribution >= 0.6 is 11.6 Å². The van der Waals surface area contributed by atoms with E-state index in [1.54, 1.807) is 31.4 Å². The molecule has 0 aliphatic carbocycles. The second-order valence-electron chi connectivity index (χ2n) is 11.2. The van der Waals surface area contributed by atoms with Crippen LogP contribution in [0.15, 0.2) is 84.9 Å². The molecule has 0 saturated heterocycles. The van der Waals surface area contributed by atoms with E-state index in [4.69, 9.17) is 21.3 Å². The summed E-state index contributed by atoms with van der Waals surface area (Å²) >= 11 is 6.41. The molecule has 1 heterocycles. The van der Waals surface area contributed by atoms with E-state index in [-0.39, 0.29) is 23.1 Å². The highest BCUT2D eigenvalue weighted by molar-refractivity contribution is 6.31. The molecular formula is C34H32ClN3O4. The number of carbonyl (C=O) groups is 2. The summed E-state index contributed by atoms with van der Waals surface area (Å²) in [5.74, 6) is -0.985. The van der Waals surface area contributed by atoms with E-state index < -0.39 is 17.9 Å². The highest BCUT2D eigenvalue weighted by Crippen LogP contribution is 2.37. The van der Waals surface area contributed by atoms with Gasteiger partial charge in [-0.3, -0.25) is 4.79 Å². The summed E-state index contributed by atoms with van der Waals surface area (Å²) in [5, 5.41) is 13.6. The number of methoxy groups -OCH3 is 1. The van der Waals surface area contributed by atoms with Crippen LogP contribution in [0.2, 0.25) is 5.02 Å². The Kier molecular flexibility index (Phi) is 8.16. The zero-order valence-corrected chi connectivity index (χ0v) is 24.6. The lowest BCUT2D eigenvalue weighted by Crippen LogP contribution is -2.31. The van der Waals surface area contributed by atoms with Gasteiger partial charge in [-0.2, -0.15) is 0 Å². The Bertz CT molecular complexity index is 1770. The van der Waals surface area contributed by atoms with Crippen LogP contribution in [0.5, 0.6) is 0 Å². The maximum Gasteiger partial charge on any atom is 0.336 e. The summed E-state index contributed by atoms with van der Waals surface area (Å²) in [6, 6.07) is 25.1. The maximum absolute atomic E-state index is 13.3. The fourth-order valence-electron chi connectivity index (χ4n) is 4.96. The van der Waals surface area contributed by atoms with Crippen molar-refractivity contribution in [2.45, 2.75) is 32.2 Å². The molecule has 7 nitrogen and oxygen atoms in total. The van der Waals surface area contributed by atoms with E-state index in [9.17, 15) is 14.7 Å². The number of nitrogens with one attached hydrogen (secondary N) is 2. The Hall–Kier alpha value is -4.46. The van der Waals surface area contributed by atoms with E-state index in [1.807, 2.05) is 42.5 Å².